The predicted octanol–water partition coefficient (Wildman–Crippen LogP) is 2.54. The minimum Gasteiger partial charge on any atom is -0.493 e. The van der Waals surface area contributed by atoms with Gasteiger partial charge in [0.05, 0.1) is 6.61 Å². The predicted molar refractivity (Wildman–Crippen MR) is 100 cm³/mol. The van der Waals surface area contributed by atoms with Crippen molar-refractivity contribution in [3.63, 3.8) is 0 Å². The van der Waals surface area contributed by atoms with E-state index in [1.54, 1.807) is 0 Å². The Hall–Kier alpha value is -2.54. The topological polar surface area (TPSA) is 77.1 Å². The summed E-state index contributed by atoms with van der Waals surface area (Å²) in [4.78, 5) is 26.1. The number of nitrogens with one attached hydrogen (secondary N) is 1. The van der Waals surface area contributed by atoms with E-state index in [-0.39, 0.29) is 5.57 Å². The summed E-state index contributed by atoms with van der Waals surface area (Å²) in [6, 6.07) is 7.36. The van der Waals surface area contributed by atoms with Crippen molar-refractivity contribution in [2.24, 2.45) is 5.92 Å². The van der Waals surface area contributed by atoms with Crippen LogP contribution in [0.2, 0.25) is 0 Å². The van der Waals surface area contributed by atoms with Crippen LogP contribution in [0.5, 0.6) is 5.75 Å². The second-order valence-corrected chi connectivity index (χ2v) is 7.46. The normalized spacial score (nSPS) is 20.6. The monoisotopic (exact) mass is 374 g/mol. The van der Waals surface area contributed by atoms with Crippen molar-refractivity contribution in [2.75, 3.05) is 32.1 Å². The van der Waals surface area contributed by atoms with Crippen LogP contribution in [0.3, 0.4) is 0 Å². The first kappa shape index (κ1) is 19.2. The molecule has 2 aliphatic rings. The molecule has 1 aromatic carbocycles. The maximum atomic E-state index is 11.9. The first-order chi connectivity index (χ1) is 12.8. The summed E-state index contributed by atoms with van der Waals surface area (Å²) in [5.74, 6) is -1.26. The first-order valence-corrected chi connectivity index (χ1v) is 9.17. The van der Waals surface area contributed by atoms with Gasteiger partial charge in [0.15, 0.2) is 5.57 Å². The van der Waals surface area contributed by atoms with Crippen LogP contribution in [-0.2, 0) is 19.1 Å². The third kappa shape index (κ3) is 5.23. The van der Waals surface area contributed by atoms with Crippen molar-refractivity contribution >= 4 is 17.6 Å². The van der Waals surface area contributed by atoms with Crippen molar-refractivity contribution < 1.29 is 23.8 Å². The second-order valence-electron chi connectivity index (χ2n) is 7.46. The van der Waals surface area contributed by atoms with Gasteiger partial charge in [-0.1, -0.05) is 0 Å². The summed E-state index contributed by atoms with van der Waals surface area (Å²) in [6.45, 7) is 5.98. The molecular weight excluding hydrogens is 348 g/mol. The van der Waals surface area contributed by atoms with E-state index in [9.17, 15) is 9.59 Å². The number of rotatable bonds is 5. The molecule has 0 spiro atoms. The first-order valence-electron chi connectivity index (χ1n) is 9.17. The quantitative estimate of drug-likeness (QED) is 0.482. The molecule has 0 saturated carbocycles. The number of carbonyl (C=O) groups is 2. The van der Waals surface area contributed by atoms with Gasteiger partial charge in [-0.2, -0.15) is 0 Å². The van der Waals surface area contributed by atoms with Crippen molar-refractivity contribution in [1.29, 1.82) is 0 Å². The number of ether oxygens (including phenoxy) is 3. The van der Waals surface area contributed by atoms with Crippen LogP contribution in [0.25, 0.3) is 0 Å². The Morgan fingerprint density at radius 1 is 1.15 bits per heavy atom. The zero-order valence-corrected chi connectivity index (χ0v) is 16.0. The maximum Gasteiger partial charge on any atom is 0.350 e. The van der Waals surface area contributed by atoms with E-state index < -0.39 is 17.7 Å². The number of anilines is 1. The Kier molecular flexibility index (Phi) is 5.70. The number of likely N-dealkylation sites (tertiary alicyclic amines) is 1. The van der Waals surface area contributed by atoms with Gasteiger partial charge in [0.2, 0.25) is 0 Å². The fourth-order valence-corrected chi connectivity index (χ4v) is 3.02. The minimum atomic E-state index is -1.24. The van der Waals surface area contributed by atoms with Crippen LogP contribution in [0.1, 0.15) is 26.7 Å². The molecule has 27 heavy (non-hydrogen) atoms. The van der Waals surface area contributed by atoms with E-state index in [0.717, 1.165) is 44.0 Å². The average Bonchev–Trinajstić information content (AvgIpc) is 2.60. The molecule has 0 radical (unpaired) electrons. The standard InChI is InChI=1S/C20H26N2O5/c1-20(2)26-18(23)17(19(24)27-20)12-21-15-4-6-16(7-5-15)25-13-14-8-10-22(3)11-9-14/h4-7,12,14,21H,8-11,13H2,1-3H3. The zero-order chi connectivity index (χ0) is 19.4. The van der Waals surface area contributed by atoms with Gasteiger partial charge in [0.25, 0.3) is 5.79 Å². The van der Waals surface area contributed by atoms with E-state index in [4.69, 9.17) is 14.2 Å². The molecule has 1 N–H and O–H groups in total. The molecule has 2 heterocycles. The van der Waals surface area contributed by atoms with Crippen molar-refractivity contribution in [3.05, 3.63) is 36.0 Å². The van der Waals surface area contributed by atoms with Gasteiger partial charge in [0, 0.05) is 25.7 Å². The smallest absolute Gasteiger partial charge is 0.350 e. The van der Waals surface area contributed by atoms with Gasteiger partial charge in [-0.05, 0) is 63.2 Å². The Bertz CT molecular complexity index is 696. The number of benzene rings is 1. The van der Waals surface area contributed by atoms with Gasteiger partial charge in [-0.25, -0.2) is 9.59 Å². The molecule has 0 atom stereocenters. The van der Waals surface area contributed by atoms with Crippen molar-refractivity contribution in [1.82, 2.24) is 4.90 Å². The van der Waals surface area contributed by atoms with Crippen LogP contribution in [0.15, 0.2) is 36.0 Å². The van der Waals surface area contributed by atoms with Crippen LogP contribution >= 0.6 is 0 Å². The summed E-state index contributed by atoms with van der Waals surface area (Å²) in [6.07, 6.45) is 3.62. The summed E-state index contributed by atoms with van der Waals surface area (Å²) in [5.41, 5.74) is 0.552. The third-order valence-corrected chi connectivity index (χ3v) is 4.68. The SMILES string of the molecule is CN1CCC(COc2ccc(NC=C3C(=O)OC(C)(C)OC3=O)cc2)CC1. The van der Waals surface area contributed by atoms with Crippen LogP contribution in [0, 0.1) is 5.92 Å². The van der Waals surface area contributed by atoms with Crippen LogP contribution in [0.4, 0.5) is 5.69 Å². The van der Waals surface area contributed by atoms with Crippen molar-refractivity contribution in [2.45, 2.75) is 32.5 Å². The highest BCUT2D eigenvalue weighted by Gasteiger charge is 2.38. The highest BCUT2D eigenvalue weighted by Crippen LogP contribution is 2.23. The highest BCUT2D eigenvalue weighted by atomic mass is 16.7. The number of carbonyl (C=O) groups excluding carboxylic acids is 2. The molecule has 0 aromatic heterocycles. The lowest BCUT2D eigenvalue weighted by molar-refractivity contribution is -0.222. The number of hydrogen-bond donors (Lipinski definition) is 1. The molecule has 7 nitrogen and oxygen atoms in total. The third-order valence-electron chi connectivity index (χ3n) is 4.68. The van der Waals surface area contributed by atoms with E-state index in [0.29, 0.717) is 5.92 Å². The minimum absolute atomic E-state index is 0.170. The fourth-order valence-electron chi connectivity index (χ4n) is 3.02. The molecule has 1 aromatic rings. The summed E-state index contributed by atoms with van der Waals surface area (Å²) < 4.78 is 16.0. The molecule has 0 aliphatic carbocycles. The number of nitrogens with zero attached hydrogens (tertiary/aromatic N) is 1. The Morgan fingerprint density at radius 3 is 2.33 bits per heavy atom. The van der Waals surface area contributed by atoms with Gasteiger partial charge in [-0.15, -0.1) is 0 Å². The zero-order valence-electron chi connectivity index (χ0n) is 16.0. The Morgan fingerprint density at radius 2 is 1.74 bits per heavy atom. The molecule has 146 valence electrons. The summed E-state index contributed by atoms with van der Waals surface area (Å²) >= 11 is 0. The maximum absolute atomic E-state index is 11.9. The number of cyclic esters (lactones) is 2. The van der Waals surface area contributed by atoms with Gasteiger partial charge >= 0.3 is 11.9 Å². The molecule has 2 saturated heterocycles. The van der Waals surface area contributed by atoms with Gasteiger partial charge in [0.1, 0.15) is 5.75 Å². The number of esters is 2. The van der Waals surface area contributed by atoms with Crippen molar-refractivity contribution in [3.8, 4) is 5.75 Å². The lowest BCUT2D eigenvalue weighted by Crippen LogP contribution is -2.42. The number of hydrogen-bond acceptors (Lipinski definition) is 7. The van der Waals surface area contributed by atoms with Crippen LogP contribution < -0.4 is 10.1 Å². The number of piperidine rings is 1. The van der Waals surface area contributed by atoms with Crippen LogP contribution in [-0.4, -0.2) is 49.4 Å². The molecule has 0 bridgehead atoms. The van der Waals surface area contributed by atoms with Gasteiger partial charge < -0.3 is 24.4 Å². The largest absolute Gasteiger partial charge is 0.493 e. The average molecular weight is 374 g/mol. The molecule has 2 fully saturated rings. The Labute approximate surface area is 159 Å². The Balaban J connectivity index is 1.52. The molecular formula is C20H26N2O5. The lowest BCUT2D eigenvalue weighted by atomic mass is 9.98. The van der Waals surface area contributed by atoms with Gasteiger partial charge in [-0.3, -0.25) is 0 Å². The van der Waals surface area contributed by atoms with E-state index in [2.05, 4.69) is 17.3 Å². The molecule has 7 heteroatoms. The molecule has 0 unspecified atom stereocenters. The second kappa shape index (κ2) is 8.00. The summed E-state index contributed by atoms with van der Waals surface area (Å²) in [5, 5.41) is 2.92. The van der Waals surface area contributed by atoms with E-state index in [1.807, 2.05) is 24.3 Å². The molecule has 0 amide bonds. The lowest BCUT2D eigenvalue weighted by Gasteiger charge is -2.29. The van der Waals surface area contributed by atoms with E-state index in [1.165, 1.54) is 20.0 Å². The fraction of sp³-hybridized carbons (Fsp3) is 0.500. The molecule has 2 aliphatic heterocycles. The molecule has 3 rings (SSSR count). The van der Waals surface area contributed by atoms with E-state index >= 15 is 0 Å². The highest BCUT2D eigenvalue weighted by molar-refractivity contribution is 6.15. The summed E-state index contributed by atoms with van der Waals surface area (Å²) in [7, 11) is 2.14.